The lowest BCUT2D eigenvalue weighted by molar-refractivity contribution is -0.131. The fraction of sp³-hybridized carbons (Fsp3) is 0.929. The molecular weight excluding hydrogens is 212 g/mol. The van der Waals surface area contributed by atoms with Gasteiger partial charge in [-0.1, -0.05) is 39.5 Å². The van der Waals surface area contributed by atoms with Crippen molar-refractivity contribution < 1.29 is 4.79 Å². The molecule has 3 nitrogen and oxygen atoms in total. The third kappa shape index (κ3) is 3.70. The zero-order chi connectivity index (χ0) is 12.7. The van der Waals surface area contributed by atoms with Crippen LogP contribution < -0.4 is 11.1 Å². The van der Waals surface area contributed by atoms with Gasteiger partial charge >= 0.3 is 0 Å². The van der Waals surface area contributed by atoms with E-state index in [4.69, 9.17) is 5.73 Å². The maximum Gasteiger partial charge on any atom is 0.227 e. The van der Waals surface area contributed by atoms with E-state index in [1.165, 1.54) is 25.7 Å². The van der Waals surface area contributed by atoms with Crippen LogP contribution in [0.15, 0.2) is 0 Å². The molecule has 0 aliphatic heterocycles. The lowest BCUT2D eigenvalue weighted by Gasteiger charge is -2.31. The molecule has 0 unspecified atom stereocenters. The largest absolute Gasteiger partial charge is 0.353 e. The lowest BCUT2D eigenvalue weighted by atomic mass is 9.81. The Morgan fingerprint density at radius 1 is 1.18 bits per heavy atom. The Hall–Kier alpha value is -0.570. The van der Waals surface area contributed by atoms with Crippen LogP contribution in [0.3, 0.4) is 0 Å². The molecular formula is C14H28N2O. The van der Waals surface area contributed by atoms with Gasteiger partial charge in [0, 0.05) is 12.6 Å². The van der Waals surface area contributed by atoms with Crippen LogP contribution in [0.1, 0.15) is 65.2 Å². The Morgan fingerprint density at radius 2 is 1.71 bits per heavy atom. The number of hydrogen-bond acceptors (Lipinski definition) is 2. The summed E-state index contributed by atoms with van der Waals surface area (Å²) in [7, 11) is 0. The van der Waals surface area contributed by atoms with E-state index in [0.29, 0.717) is 12.6 Å². The van der Waals surface area contributed by atoms with Gasteiger partial charge in [-0.3, -0.25) is 4.79 Å². The van der Waals surface area contributed by atoms with Gasteiger partial charge in [0.2, 0.25) is 5.91 Å². The van der Waals surface area contributed by atoms with Crippen molar-refractivity contribution in [1.29, 1.82) is 0 Å². The van der Waals surface area contributed by atoms with Crippen LogP contribution in [-0.4, -0.2) is 18.5 Å². The van der Waals surface area contributed by atoms with E-state index in [1.54, 1.807) is 0 Å². The summed E-state index contributed by atoms with van der Waals surface area (Å²) in [6.45, 7) is 4.57. The molecule has 1 aliphatic rings. The van der Waals surface area contributed by atoms with Crippen molar-refractivity contribution >= 4 is 5.91 Å². The van der Waals surface area contributed by atoms with Crippen LogP contribution in [-0.2, 0) is 4.79 Å². The molecule has 0 aromatic carbocycles. The van der Waals surface area contributed by atoms with Crippen LogP contribution in [0.4, 0.5) is 0 Å². The molecule has 0 spiro atoms. The van der Waals surface area contributed by atoms with Crippen LogP contribution in [0.25, 0.3) is 0 Å². The Labute approximate surface area is 106 Å². The highest BCUT2D eigenvalue weighted by molar-refractivity contribution is 5.83. The number of carbonyl (C=O) groups is 1. The topological polar surface area (TPSA) is 55.1 Å². The van der Waals surface area contributed by atoms with Crippen molar-refractivity contribution in [1.82, 2.24) is 5.32 Å². The Bertz CT molecular complexity index is 220. The van der Waals surface area contributed by atoms with Crippen LogP contribution >= 0.6 is 0 Å². The monoisotopic (exact) mass is 240 g/mol. The Morgan fingerprint density at radius 3 is 2.12 bits per heavy atom. The number of amides is 1. The molecule has 1 saturated carbocycles. The quantitative estimate of drug-likeness (QED) is 0.726. The van der Waals surface area contributed by atoms with Crippen LogP contribution in [0.2, 0.25) is 0 Å². The van der Waals surface area contributed by atoms with E-state index in [2.05, 4.69) is 19.2 Å². The predicted octanol–water partition coefficient (Wildman–Crippen LogP) is 2.59. The summed E-state index contributed by atoms with van der Waals surface area (Å²) < 4.78 is 0. The first kappa shape index (κ1) is 14.5. The van der Waals surface area contributed by atoms with Crippen molar-refractivity contribution in [2.24, 2.45) is 11.1 Å². The average Bonchev–Trinajstić information content (AvgIpc) is 2.61. The number of carbonyl (C=O) groups excluding carboxylic acids is 1. The molecule has 1 rings (SSSR count). The molecule has 0 saturated heterocycles. The maximum atomic E-state index is 12.3. The number of nitrogens with two attached hydrogens (primary N) is 1. The highest BCUT2D eigenvalue weighted by atomic mass is 16.2. The zero-order valence-corrected chi connectivity index (χ0v) is 11.4. The molecule has 0 heterocycles. The second-order valence-corrected chi connectivity index (χ2v) is 5.35. The van der Waals surface area contributed by atoms with Gasteiger partial charge in [-0.25, -0.2) is 0 Å². The molecule has 0 aromatic rings. The Balaban J connectivity index is 2.56. The minimum absolute atomic E-state index is 0.178. The summed E-state index contributed by atoms with van der Waals surface area (Å²) in [6.07, 6.45) is 9.07. The molecule has 1 amide bonds. The summed E-state index contributed by atoms with van der Waals surface area (Å²) in [5.74, 6) is 0.178. The lowest BCUT2D eigenvalue weighted by Crippen LogP contribution is -2.48. The van der Waals surface area contributed by atoms with Crippen molar-refractivity contribution in [2.75, 3.05) is 6.54 Å². The first-order valence-electron chi connectivity index (χ1n) is 7.19. The molecule has 0 bridgehead atoms. The minimum atomic E-state index is -0.341. The third-order valence-corrected chi connectivity index (χ3v) is 4.42. The third-order valence-electron chi connectivity index (χ3n) is 4.42. The predicted molar refractivity (Wildman–Crippen MR) is 71.7 cm³/mol. The number of rotatable bonds is 5. The van der Waals surface area contributed by atoms with Crippen molar-refractivity contribution in [3.63, 3.8) is 0 Å². The van der Waals surface area contributed by atoms with Gasteiger partial charge in [0.25, 0.3) is 0 Å². The molecule has 17 heavy (non-hydrogen) atoms. The van der Waals surface area contributed by atoms with Gasteiger partial charge in [0.05, 0.1) is 5.41 Å². The van der Waals surface area contributed by atoms with Crippen LogP contribution in [0.5, 0.6) is 0 Å². The van der Waals surface area contributed by atoms with Gasteiger partial charge in [0.1, 0.15) is 0 Å². The first-order valence-corrected chi connectivity index (χ1v) is 7.19. The summed E-state index contributed by atoms with van der Waals surface area (Å²) in [6, 6.07) is 0.383. The normalized spacial score (nSPS) is 18.8. The van der Waals surface area contributed by atoms with Gasteiger partial charge in [-0.05, 0) is 25.7 Å². The average molecular weight is 240 g/mol. The summed E-state index contributed by atoms with van der Waals surface area (Å²) >= 11 is 0. The standard InChI is InChI=1S/C14H28N2O/c1-3-14(4-2,11-15)13(17)16-12-9-7-5-6-8-10-12/h12H,3-11,15H2,1-2H3,(H,16,17). The highest BCUT2D eigenvalue weighted by Gasteiger charge is 2.34. The summed E-state index contributed by atoms with van der Waals surface area (Å²) in [5, 5.41) is 3.23. The maximum absolute atomic E-state index is 12.3. The second-order valence-electron chi connectivity index (χ2n) is 5.35. The van der Waals surface area contributed by atoms with Gasteiger partial charge in [-0.15, -0.1) is 0 Å². The second kappa shape index (κ2) is 7.00. The first-order chi connectivity index (χ1) is 8.18. The van der Waals surface area contributed by atoms with Gasteiger partial charge in [-0.2, -0.15) is 0 Å². The smallest absolute Gasteiger partial charge is 0.227 e. The molecule has 1 fully saturated rings. The molecule has 0 radical (unpaired) electrons. The van der Waals surface area contributed by atoms with E-state index < -0.39 is 0 Å². The molecule has 0 atom stereocenters. The SMILES string of the molecule is CCC(CC)(CN)C(=O)NC1CCCCCC1. The Kier molecular flexibility index (Phi) is 5.96. The number of nitrogens with one attached hydrogen (secondary N) is 1. The fourth-order valence-corrected chi connectivity index (χ4v) is 2.71. The van der Waals surface area contributed by atoms with Crippen molar-refractivity contribution in [2.45, 2.75) is 71.3 Å². The molecule has 3 heteroatoms. The van der Waals surface area contributed by atoms with Crippen molar-refractivity contribution in [3.8, 4) is 0 Å². The van der Waals surface area contributed by atoms with E-state index in [-0.39, 0.29) is 11.3 Å². The zero-order valence-electron chi connectivity index (χ0n) is 11.4. The van der Waals surface area contributed by atoms with Crippen LogP contribution in [0, 0.1) is 5.41 Å². The fourth-order valence-electron chi connectivity index (χ4n) is 2.71. The van der Waals surface area contributed by atoms with E-state index >= 15 is 0 Å². The van der Waals surface area contributed by atoms with E-state index in [1.807, 2.05) is 0 Å². The molecule has 3 N–H and O–H groups in total. The van der Waals surface area contributed by atoms with Crippen molar-refractivity contribution in [3.05, 3.63) is 0 Å². The van der Waals surface area contributed by atoms with Gasteiger partial charge in [0.15, 0.2) is 0 Å². The molecule has 100 valence electrons. The summed E-state index contributed by atoms with van der Waals surface area (Å²) in [4.78, 5) is 12.3. The minimum Gasteiger partial charge on any atom is -0.353 e. The number of hydrogen-bond donors (Lipinski definition) is 2. The van der Waals surface area contributed by atoms with E-state index in [9.17, 15) is 4.79 Å². The highest BCUT2D eigenvalue weighted by Crippen LogP contribution is 2.26. The molecule has 1 aliphatic carbocycles. The van der Waals surface area contributed by atoms with Gasteiger partial charge < -0.3 is 11.1 Å². The molecule has 0 aromatic heterocycles. The summed E-state index contributed by atoms with van der Waals surface area (Å²) in [5.41, 5.74) is 5.46. The van der Waals surface area contributed by atoms with E-state index in [0.717, 1.165) is 25.7 Å².